The van der Waals surface area contributed by atoms with Crippen molar-refractivity contribution in [1.29, 1.82) is 0 Å². The largest absolute Gasteiger partial charge is 0.268 e. The zero-order valence-corrected chi connectivity index (χ0v) is 11.7. The monoisotopic (exact) mass is 257 g/mol. The molecule has 0 saturated carbocycles. The summed E-state index contributed by atoms with van der Waals surface area (Å²) in [5.74, 6) is -0.462. The molecule has 0 N–H and O–H groups in total. The van der Waals surface area contributed by atoms with Gasteiger partial charge in [-0.3, -0.25) is 4.79 Å². The fourth-order valence-corrected chi connectivity index (χ4v) is 2.59. The van der Waals surface area contributed by atoms with Crippen molar-refractivity contribution < 1.29 is 13.2 Å². The lowest BCUT2D eigenvalue weighted by atomic mass is 10.2. The van der Waals surface area contributed by atoms with E-state index in [2.05, 4.69) is 0 Å². The van der Waals surface area contributed by atoms with Gasteiger partial charge in [0.05, 0.1) is 5.56 Å². The quantitative estimate of drug-likeness (QED) is 0.717. The number of fused-ring (bicyclic) bond motifs is 1. The Bertz CT molecular complexity index is 480. The lowest BCUT2D eigenvalue weighted by Crippen LogP contribution is -2.24. The SMILES string of the molecule is CC.CC.CN1C(=O)c2ccccc2S1(=O)=O. The van der Waals surface area contributed by atoms with E-state index in [9.17, 15) is 13.2 Å². The van der Waals surface area contributed by atoms with Gasteiger partial charge in [-0.2, -0.15) is 0 Å². The fourth-order valence-electron chi connectivity index (χ4n) is 1.29. The van der Waals surface area contributed by atoms with Gasteiger partial charge < -0.3 is 0 Å². The van der Waals surface area contributed by atoms with E-state index < -0.39 is 15.9 Å². The highest BCUT2D eigenvalue weighted by Gasteiger charge is 2.37. The van der Waals surface area contributed by atoms with E-state index in [0.717, 1.165) is 4.31 Å². The number of carbonyl (C=O) groups is 1. The second-order valence-electron chi connectivity index (χ2n) is 2.77. The van der Waals surface area contributed by atoms with Gasteiger partial charge in [-0.15, -0.1) is 0 Å². The molecule has 17 heavy (non-hydrogen) atoms. The third kappa shape index (κ3) is 2.66. The van der Waals surface area contributed by atoms with E-state index >= 15 is 0 Å². The Morgan fingerprint density at radius 3 is 1.94 bits per heavy atom. The molecular weight excluding hydrogens is 238 g/mol. The molecule has 1 aromatic carbocycles. The van der Waals surface area contributed by atoms with Crippen LogP contribution in [-0.4, -0.2) is 25.7 Å². The van der Waals surface area contributed by atoms with Gasteiger partial charge in [0, 0.05) is 7.05 Å². The lowest BCUT2D eigenvalue weighted by molar-refractivity contribution is 0.0891. The van der Waals surface area contributed by atoms with Crippen LogP contribution in [0.15, 0.2) is 29.2 Å². The topological polar surface area (TPSA) is 54.5 Å². The van der Waals surface area contributed by atoms with Crippen LogP contribution in [0.2, 0.25) is 0 Å². The molecule has 0 saturated heterocycles. The van der Waals surface area contributed by atoms with Crippen LogP contribution in [0.3, 0.4) is 0 Å². The molecule has 0 aliphatic carbocycles. The first kappa shape index (κ1) is 15.6. The van der Waals surface area contributed by atoms with E-state index in [-0.39, 0.29) is 10.5 Å². The molecule has 0 spiro atoms. The van der Waals surface area contributed by atoms with E-state index in [1.54, 1.807) is 12.1 Å². The molecule has 1 aromatic rings. The number of hydrogen-bond donors (Lipinski definition) is 0. The number of sulfonamides is 1. The molecular formula is C12H19NO3S. The zero-order valence-electron chi connectivity index (χ0n) is 10.9. The van der Waals surface area contributed by atoms with Crippen molar-refractivity contribution in [2.45, 2.75) is 32.6 Å². The molecule has 0 aromatic heterocycles. The zero-order chi connectivity index (χ0) is 13.6. The van der Waals surface area contributed by atoms with Gasteiger partial charge in [-0.05, 0) is 12.1 Å². The molecule has 2 rings (SSSR count). The molecule has 0 unspecified atom stereocenters. The number of benzene rings is 1. The van der Waals surface area contributed by atoms with Crippen molar-refractivity contribution in [3.8, 4) is 0 Å². The highest BCUT2D eigenvalue weighted by molar-refractivity contribution is 7.90. The van der Waals surface area contributed by atoms with Crippen LogP contribution >= 0.6 is 0 Å². The smallest absolute Gasteiger partial charge is 0.268 e. The Labute approximate surface area is 103 Å². The minimum Gasteiger partial charge on any atom is -0.268 e. The summed E-state index contributed by atoms with van der Waals surface area (Å²) in [7, 11) is -2.29. The van der Waals surface area contributed by atoms with Crippen LogP contribution in [0.4, 0.5) is 0 Å². The maximum absolute atomic E-state index is 11.5. The summed E-state index contributed by atoms with van der Waals surface area (Å²) in [6.45, 7) is 8.00. The van der Waals surface area contributed by atoms with E-state index in [1.807, 2.05) is 27.7 Å². The first-order valence-electron chi connectivity index (χ1n) is 5.67. The highest BCUT2D eigenvalue weighted by Crippen LogP contribution is 2.27. The predicted molar refractivity (Wildman–Crippen MR) is 68.4 cm³/mol. The Kier molecular flexibility index (Phi) is 5.88. The highest BCUT2D eigenvalue weighted by atomic mass is 32.2. The molecule has 5 heteroatoms. The molecule has 1 heterocycles. The van der Waals surface area contributed by atoms with Gasteiger partial charge in [-0.1, -0.05) is 39.8 Å². The first-order chi connectivity index (χ1) is 8.05. The molecule has 4 nitrogen and oxygen atoms in total. The van der Waals surface area contributed by atoms with Gasteiger partial charge in [0.1, 0.15) is 4.90 Å². The van der Waals surface area contributed by atoms with Crippen LogP contribution < -0.4 is 0 Å². The van der Waals surface area contributed by atoms with E-state index in [4.69, 9.17) is 0 Å². The Morgan fingerprint density at radius 2 is 1.47 bits per heavy atom. The minimum atomic E-state index is -3.55. The van der Waals surface area contributed by atoms with Gasteiger partial charge in [0.2, 0.25) is 0 Å². The first-order valence-corrected chi connectivity index (χ1v) is 7.11. The van der Waals surface area contributed by atoms with Crippen molar-refractivity contribution in [1.82, 2.24) is 4.31 Å². The lowest BCUT2D eigenvalue weighted by Gasteiger charge is -2.05. The summed E-state index contributed by atoms with van der Waals surface area (Å²) in [5, 5.41) is 0. The number of carbonyl (C=O) groups excluding carboxylic acids is 1. The van der Waals surface area contributed by atoms with Crippen LogP contribution in [0, 0.1) is 0 Å². The third-order valence-electron chi connectivity index (χ3n) is 2.04. The molecule has 96 valence electrons. The number of hydrogen-bond acceptors (Lipinski definition) is 3. The molecule has 0 fully saturated rings. The van der Waals surface area contributed by atoms with Crippen LogP contribution in [-0.2, 0) is 10.0 Å². The second kappa shape index (κ2) is 6.39. The van der Waals surface area contributed by atoms with Crippen molar-refractivity contribution in [2.75, 3.05) is 7.05 Å². The summed E-state index contributed by atoms with van der Waals surface area (Å²) in [6, 6.07) is 6.19. The Balaban J connectivity index is 0.000000581. The molecule has 1 aliphatic rings. The normalized spacial score (nSPS) is 15.1. The summed E-state index contributed by atoms with van der Waals surface area (Å²) < 4.78 is 23.8. The number of amides is 1. The van der Waals surface area contributed by atoms with Gasteiger partial charge in [0.15, 0.2) is 0 Å². The summed E-state index contributed by atoms with van der Waals surface area (Å²) >= 11 is 0. The molecule has 0 radical (unpaired) electrons. The summed E-state index contributed by atoms with van der Waals surface area (Å²) in [4.78, 5) is 11.5. The number of rotatable bonds is 0. The predicted octanol–water partition coefficient (Wildman–Crippen LogP) is 2.51. The Morgan fingerprint density at radius 1 is 1.00 bits per heavy atom. The average molecular weight is 257 g/mol. The van der Waals surface area contributed by atoms with Crippen LogP contribution in [0.5, 0.6) is 0 Å². The van der Waals surface area contributed by atoms with Crippen LogP contribution in [0.1, 0.15) is 38.1 Å². The average Bonchev–Trinajstić information content (AvgIpc) is 2.57. The van der Waals surface area contributed by atoms with Crippen molar-refractivity contribution >= 4 is 15.9 Å². The fraction of sp³-hybridized carbons (Fsp3) is 0.417. The second-order valence-corrected chi connectivity index (χ2v) is 4.71. The van der Waals surface area contributed by atoms with Gasteiger partial charge in [0.25, 0.3) is 15.9 Å². The third-order valence-corrected chi connectivity index (χ3v) is 3.84. The van der Waals surface area contributed by atoms with E-state index in [0.29, 0.717) is 0 Å². The molecule has 1 aliphatic heterocycles. The maximum atomic E-state index is 11.5. The van der Waals surface area contributed by atoms with E-state index in [1.165, 1.54) is 19.2 Å². The summed E-state index contributed by atoms with van der Waals surface area (Å²) in [5.41, 5.74) is 0.255. The van der Waals surface area contributed by atoms with Gasteiger partial charge in [-0.25, -0.2) is 12.7 Å². The molecule has 0 atom stereocenters. The van der Waals surface area contributed by atoms with Crippen molar-refractivity contribution in [2.24, 2.45) is 0 Å². The van der Waals surface area contributed by atoms with Crippen molar-refractivity contribution in [3.05, 3.63) is 29.8 Å². The van der Waals surface area contributed by atoms with Crippen LogP contribution in [0.25, 0.3) is 0 Å². The van der Waals surface area contributed by atoms with Crippen molar-refractivity contribution in [3.63, 3.8) is 0 Å². The summed E-state index contributed by atoms with van der Waals surface area (Å²) in [6.07, 6.45) is 0. The maximum Gasteiger partial charge on any atom is 0.268 e. The minimum absolute atomic E-state index is 0.0995. The number of nitrogens with zero attached hydrogens (tertiary/aromatic N) is 1. The molecule has 1 amide bonds. The standard InChI is InChI=1S/C8H7NO3S.2C2H6/c1-9-8(10)6-4-2-3-5-7(6)13(9,11)12;2*1-2/h2-5H,1H3;2*1-2H3. The Hall–Kier alpha value is -1.36. The molecule has 0 bridgehead atoms. The van der Waals surface area contributed by atoms with Gasteiger partial charge >= 0.3 is 0 Å².